The summed E-state index contributed by atoms with van der Waals surface area (Å²) in [7, 11) is 0. The Labute approximate surface area is 101 Å². The molecule has 0 aromatic carbocycles. The fourth-order valence-electron chi connectivity index (χ4n) is 2.11. The minimum atomic E-state index is -1.25. The quantitative estimate of drug-likeness (QED) is 0.448. The van der Waals surface area contributed by atoms with E-state index in [0.717, 1.165) is 0 Å². The van der Waals surface area contributed by atoms with Gasteiger partial charge in [-0.3, -0.25) is 4.79 Å². The maximum atomic E-state index is 12.1. The number of aliphatic hydroxyl groups excluding tert-OH is 3. The lowest BCUT2D eigenvalue weighted by Crippen LogP contribution is -2.59. The Hall–Kier alpha value is -0.690. The van der Waals surface area contributed by atoms with Gasteiger partial charge >= 0.3 is 0 Å². The summed E-state index contributed by atoms with van der Waals surface area (Å²) in [5, 5.41) is 31.0. The van der Waals surface area contributed by atoms with Crippen molar-refractivity contribution in [2.75, 3.05) is 26.4 Å². The second-order valence-corrected chi connectivity index (χ2v) is 4.85. The highest BCUT2D eigenvalue weighted by molar-refractivity contribution is 5.84. The molecule has 0 radical (unpaired) electrons. The lowest BCUT2D eigenvalue weighted by atomic mass is 10.0. The van der Waals surface area contributed by atoms with E-state index in [-0.39, 0.29) is 18.0 Å². The molecule has 0 aromatic heterocycles. The summed E-state index contributed by atoms with van der Waals surface area (Å²) >= 11 is 0. The van der Waals surface area contributed by atoms with Crippen molar-refractivity contribution < 1.29 is 20.1 Å². The van der Waals surface area contributed by atoms with Crippen molar-refractivity contribution in [3.05, 3.63) is 0 Å². The summed E-state index contributed by atoms with van der Waals surface area (Å²) in [5.74, 6) is -0.171. The van der Waals surface area contributed by atoms with Crippen LogP contribution in [0.3, 0.4) is 0 Å². The van der Waals surface area contributed by atoms with E-state index in [4.69, 9.17) is 0 Å². The zero-order valence-corrected chi connectivity index (χ0v) is 10.4. The Kier molecular flexibility index (Phi) is 4.88. The fourth-order valence-corrected chi connectivity index (χ4v) is 2.11. The molecular weight excluding hydrogens is 224 g/mol. The third kappa shape index (κ3) is 2.77. The Morgan fingerprint density at radius 2 is 1.88 bits per heavy atom. The zero-order valence-electron chi connectivity index (χ0n) is 10.4. The summed E-state index contributed by atoms with van der Waals surface area (Å²) < 4.78 is 0. The highest BCUT2D eigenvalue weighted by Gasteiger charge is 2.44. The molecular formula is C11H22N2O4. The average Bonchev–Trinajstić information content (AvgIpc) is 2.65. The predicted octanol–water partition coefficient (Wildman–Crippen LogP) is -1.70. The summed E-state index contributed by atoms with van der Waals surface area (Å²) in [6, 6.07) is -0.102. The lowest BCUT2D eigenvalue weighted by Gasteiger charge is -2.37. The van der Waals surface area contributed by atoms with Gasteiger partial charge < -0.3 is 25.5 Å². The number of carbonyl (C=O) groups excluding carboxylic acids is 1. The molecule has 1 heterocycles. The third-order valence-corrected chi connectivity index (χ3v) is 3.20. The Balaban J connectivity index is 2.77. The van der Waals surface area contributed by atoms with Crippen molar-refractivity contribution in [3.8, 4) is 0 Å². The normalized spacial score (nSPS) is 21.6. The predicted molar refractivity (Wildman–Crippen MR) is 62.4 cm³/mol. The number of rotatable bonds is 6. The van der Waals surface area contributed by atoms with Gasteiger partial charge in [0.25, 0.3) is 0 Å². The molecule has 0 spiro atoms. The van der Waals surface area contributed by atoms with Gasteiger partial charge in [-0.1, -0.05) is 13.8 Å². The molecule has 0 bridgehead atoms. The van der Waals surface area contributed by atoms with Crippen molar-refractivity contribution in [1.29, 1.82) is 0 Å². The smallest absolute Gasteiger partial charge is 0.240 e. The van der Waals surface area contributed by atoms with Gasteiger partial charge in [0.1, 0.15) is 5.54 Å². The summed E-state index contributed by atoms with van der Waals surface area (Å²) in [6.07, 6.45) is 0.624. The number of carbonyl (C=O) groups is 1. The Bertz CT molecular complexity index is 258. The first kappa shape index (κ1) is 14.4. The molecule has 1 rings (SSSR count). The van der Waals surface area contributed by atoms with Crippen LogP contribution in [0, 0.1) is 0 Å². The third-order valence-electron chi connectivity index (χ3n) is 3.20. The van der Waals surface area contributed by atoms with Crippen LogP contribution in [0.4, 0.5) is 0 Å². The molecule has 1 amide bonds. The number of nitrogens with zero attached hydrogens (tertiary/aromatic N) is 1. The standard InChI is InChI=1S/C11H22N2O4/c1-8(2)12-9-3-4-13(10(9)17)11(5-14,6-15)7-16/h8-9,12,14-16H,3-7H2,1-2H3. The molecule has 4 N–H and O–H groups in total. The molecule has 0 aliphatic carbocycles. The van der Waals surface area contributed by atoms with Crippen LogP contribution in [0.1, 0.15) is 20.3 Å². The Morgan fingerprint density at radius 3 is 2.29 bits per heavy atom. The maximum absolute atomic E-state index is 12.1. The monoisotopic (exact) mass is 246 g/mol. The molecule has 1 unspecified atom stereocenters. The van der Waals surface area contributed by atoms with Crippen molar-refractivity contribution in [1.82, 2.24) is 10.2 Å². The highest BCUT2D eigenvalue weighted by atomic mass is 16.3. The molecule has 17 heavy (non-hydrogen) atoms. The van der Waals surface area contributed by atoms with Crippen LogP contribution in [0.15, 0.2) is 0 Å². The zero-order chi connectivity index (χ0) is 13.1. The number of hydrogen-bond donors (Lipinski definition) is 4. The number of amides is 1. The van der Waals surface area contributed by atoms with Gasteiger partial charge in [0.2, 0.25) is 5.91 Å². The molecule has 6 nitrogen and oxygen atoms in total. The van der Waals surface area contributed by atoms with Crippen LogP contribution < -0.4 is 5.32 Å². The van der Waals surface area contributed by atoms with E-state index in [9.17, 15) is 20.1 Å². The van der Waals surface area contributed by atoms with Gasteiger partial charge in [0.15, 0.2) is 0 Å². The van der Waals surface area contributed by atoms with Crippen LogP contribution in [-0.2, 0) is 4.79 Å². The minimum Gasteiger partial charge on any atom is -0.394 e. The molecule has 1 aliphatic rings. The summed E-state index contributed by atoms with van der Waals surface area (Å²) in [4.78, 5) is 13.5. The van der Waals surface area contributed by atoms with E-state index in [1.165, 1.54) is 4.90 Å². The first-order valence-corrected chi connectivity index (χ1v) is 5.91. The summed E-state index contributed by atoms with van der Waals surface area (Å²) in [6.45, 7) is 3.01. The van der Waals surface area contributed by atoms with E-state index < -0.39 is 25.4 Å². The van der Waals surface area contributed by atoms with Gasteiger partial charge in [-0.15, -0.1) is 0 Å². The first-order valence-electron chi connectivity index (χ1n) is 5.91. The van der Waals surface area contributed by atoms with Gasteiger partial charge in [0.05, 0.1) is 25.9 Å². The molecule has 1 aliphatic heterocycles. The molecule has 1 atom stereocenters. The van der Waals surface area contributed by atoms with Gasteiger partial charge in [-0.05, 0) is 6.42 Å². The number of nitrogens with one attached hydrogen (secondary N) is 1. The van der Waals surface area contributed by atoms with Crippen molar-refractivity contribution >= 4 is 5.91 Å². The van der Waals surface area contributed by atoms with Gasteiger partial charge in [0, 0.05) is 12.6 Å². The molecule has 6 heteroatoms. The number of hydrogen-bond acceptors (Lipinski definition) is 5. The van der Waals surface area contributed by atoms with Crippen LogP contribution in [-0.4, -0.2) is 70.1 Å². The first-order chi connectivity index (χ1) is 8.00. The van der Waals surface area contributed by atoms with Crippen LogP contribution in [0.25, 0.3) is 0 Å². The van der Waals surface area contributed by atoms with E-state index in [1.54, 1.807) is 0 Å². The number of likely N-dealkylation sites (tertiary alicyclic amines) is 1. The second-order valence-electron chi connectivity index (χ2n) is 4.85. The fraction of sp³-hybridized carbons (Fsp3) is 0.909. The van der Waals surface area contributed by atoms with E-state index in [2.05, 4.69) is 5.32 Å². The van der Waals surface area contributed by atoms with Gasteiger partial charge in [-0.25, -0.2) is 0 Å². The minimum absolute atomic E-state index is 0.171. The van der Waals surface area contributed by atoms with E-state index in [0.29, 0.717) is 13.0 Å². The Morgan fingerprint density at radius 1 is 1.35 bits per heavy atom. The second kappa shape index (κ2) is 5.77. The van der Waals surface area contributed by atoms with Crippen LogP contribution in [0.2, 0.25) is 0 Å². The summed E-state index contributed by atoms with van der Waals surface area (Å²) in [5.41, 5.74) is -1.25. The topological polar surface area (TPSA) is 93.0 Å². The van der Waals surface area contributed by atoms with E-state index >= 15 is 0 Å². The largest absolute Gasteiger partial charge is 0.394 e. The molecule has 1 saturated heterocycles. The maximum Gasteiger partial charge on any atom is 0.240 e. The van der Waals surface area contributed by atoms with Crippen LogP contribution in [0.5, 0.6) is 0 Å². The molecule has 0 aromatic rings. The van der Waals surface area contributed by atoms with Crippen molar-refractivity contribution in [3.63, 3.8) is 0 Å². The molecule has 0 saturated carbocycles. The van der Waals surface area contributed by atoms with Gasteiger partial charge in [-0.2, -0.15) is 0 Å². The van der Waals surface area contributed by atoms with Crippen molar-refractivity contribution in [2.45, 2.75) is 37.9 Å². The number of aliphatic hydroxyl groups is 3. The van der Waals surface area contributed by atoms with Crippen LogP contribution >= 0.6 is 0 Å². The average molecular weight is 246 g/mol. The SMILES string of the molecule is CC(C)NC1CCN(C(CO)(CO)CO)C1=O. The van der Waals surface area contributed by atoms with Crippen molar-refractivity contribution in [2.24, 2.45) is 0 Å². The molecule has 1 fully saturated rings. The lowest BCUT2D eigenvalue weighted by molar-refractivity contribution is -0.141. The highest BCUT2D eigenvalue weighted by Crippen LogP contribution is 2.22. The molecule has 100 valence electrons. The van der Waals surface area contributed by atoms with E-state index in [1.807, 2.05) is 13.8 Å².